The van der Waals surface area contributed by atoms with E-state index in [0.29, 0.717) is 0 Å². The van der Waals surface area contributed by atoms with Crippen LogP contribution >= 0.6 is 0 Å². The number of esters is 1. The zero-order valence-electron chi connectivity index (χ0n) is 8.13. The lowest BCUT2D eigenvalue weighted by Crippen LogP contribution is -2.08. The summed E-state index contributed by atoms with van der Waals surface area (Å²) in [5.74, 6) is -0.289. The number of allylic oxidation sites excluding steroid dienone is 3. The standard InChI is InChI=1S/C10H16O2/c1-8(2)6-5-7-10(11)12-9(3)4/h5-7,9H,1-4H3/b7-5+. The van der Waals surface area contributed by atoms with E-state index < -0.39 is 0 Å². The second kappa shape index (κ2) is 5.58. The minimum atomic E-state index is -0.289. The summed E-state index contributed by atoms with van der Waals surface area (Å²) in [6, 6.07) is 0. The Hall–Kier alpha value is -1.05. The van der Waals surface area contributed by atoms with Crippen LogP contribution in [0.15, 0.2) is 23.8 Å². The Bertz CT molecular complexity index is 196. The van der Waals surface area contributed by atoms with Crippen molar-refractivity contribution in [1.82, 2.24) is 0 Å². The second-order valence-electron chi connectivity index (χ2n) is 3.09. The molecule has 0 unspecified atom stereocenters. The molecule has 0 aliphatic heterocycles. The maximum absolute atomic E-state index is 10.9. The van der Waals surface area contributed by atoms with Gasteiger partial charge in [0.25, 0.3) is 0 Å². The molecular formula is C10H16O2. The van der Waals surface area contributed by atoms with Crippen molar-refractivity contribution in [2.75, 3.05) is 0 Å². The van der Waals surface area contributed by atoms with E-state index in [4.69, 9.17) is 4.74 Å². The Labute approximate surface area is 73.9 Å². The largest absolute Gasteiger partial charge is 0.460 e. The van der Waals surface area contributed by atoms with Gasteiger partial charge in [-0.1, -0.05) is 17.7 Å². The van der Waals surface area contributed by atoms with E-state index in [-0.39, 0.29) is 12.1 Å². The topological polar surface area (TPSA) is 26.3 Å². The third kappa shape index (κ3) is 7.06. The molecule has 0 aliphatic rings. The highest BCUT2D eigenvalue weighted by molar-refractivity contribution is 5.82. The minimum absolute atomic E-state index is 0.0474. The van der Waals surface area contributed by atoms with E-state index >= 15 is 0 Å². The predicted octanol–water partition coefficient (Wildman–Crippen LogP) is 2.46. The van der Waals surface area contributed by atoms with Gasteiger partial charge >= 0.3 is 5.97 Å². The highest BCUT2D eigenvalue weighted by atomic mass is 16.5. The van der Waals surface area contributed by atoms with Crippen LogP contribution in [0.2, 0.25) is 0 Å². The number of ether oxygens (including phenoxy) is 1. The molecule has 0 saturated heterocycles. The molecule has 2 heteroatoms. The molecule has 0 atom stereocenters. The molecule has 0 radical (unpaired) electrons. The van der Waals surface area contributed by atoms with Crippen LogP contribution in [0, 0.1) is 0 Å². The van der Waals surface area contributed by atoms with Crippen molar-refractivity contribution < 1.29 is 9.53 Å². The second-order valence-corrected chi connectivity index (χ2v) is 3.09. The first kappa shape index (κ1) is 11.0. The highest BCUT2D eigenvalue weighted by Gasteiger charge is 1.97. The lowest BCUT2D eigenvalue weighted by Gasteiger charge is -2.03. The van der Waals surface area contributed by atoms with Crippen molar-refractivity contribution in [3.05, 3.63) is 23.8 Å². The van der Waals surface area contributed by atoms with E-state index in [9.17, 15) is 4.79 Å². The highest BCUT2D eigenvalue weighted by Crippen LogP contribution is 1.92. The molecule has 2 nitrogen and oxygen atoms in total. The molecule has 0 fully saturated rings. The molecule has 0 aromatic heterocycles. The van der Waals surface area contributed by atoms with E-state index in [2.05, 4.69) is 0 Å². The summed E-state index contributed by atoms with van der Waals surface area (Å²) in [5.41, 5.74) is 1.16. The van der Waals surface area contributed by atoms with Crippen LogP contribution in [-0.2, 0) is 9.53 Å². The Balaban J connectivity index is 3.84. The first-order valence-electron chi connectivity index (χ1n) is 4.04. The van der Waals surface area contributed by atoms with Gasteiger partial charge in [-0.3, -0.25) is 0 Å². The van der Waals surface area contributed by atoms with Gasteiger partial charge in [0, 0.05) is 6.08 Å². The normalized spacial score (nSPS) is 10.4. The van der Waals surface area contributed by atoms with E-state index in [0.717, 1.165) is 5.57 Å². The molecule has 0 bridgehead atoms. The van der Waals surface area contributed by atoms with Gasteiger partial charge in [-0.15, -0.1) is 0 Å². The number of hydrogen-bond donors (Lipinski definition) is 0. The van der Waals surface area contributed by atoms with Crippen LogP contribution < -0.4 is 0 Å². The van der Waals surface area contributed by atoms with Gasteiger partial charge in [-0.2, -0.15) is 0 Å². The van der Waals surface area contributed by atoms with E-state index in [1.165, 1.54) is 6.08 Å². The van der Waals surface area contributed by atoms with Crippen molar-refractivity contribution in [2.24, 2.45) is 0 Å². The van der Waals surface area contributed by atoms with Crippen LogP contribution in [0.25, 0.3) is 0 Å². The quantitative estimate of drug-likeness (QED) is 0.367. The molecule has 0 aliphatic carbocycles. The van der Waals surface area contributed by atoms with Crippen molar-refractivity contribution in [2.45, 2.75) is 33.8 Å². The molecule has 0 heterocycles. The van der Waals surface area contributed by atoms with Crippen LogP contribution in [-0.4, -0.2) is 12.1 Å². The Morgan fingerprint density at radius 3 is 2.33 bits per heavy atom. The van der Waals surface area contributed by atoms with Crippen molar-refractivity contribution in [1.29, 1.82) is 0 Å². The lowest BCUT2D eigenvalue weighted by molar-refractivity contribution is -0.141. The number of rotatable bonds is 3. The molecule has 68 valence electrons. The third-order valence-electron chi connectivity index (χ3n) is 1.01. The van der Waals surface area contributed by atoms with Gasteiger partial charge in [0.2, 0.25) is 0 Å². The van der Waals surface area contributed by atoms with Crippen molar-refractivity contribution in [3.63, 3.8) is 0 Å². The summed E-state index contributed by atoms with van der Waals surface area (Å²) >= 11 is 0. The summed E-state index contributed by atoms with van der Waals surface area (Å²) in [5, 5.41) is 0. The molecule has 0 saturated carbocycles. The van der Waals surface area contributed by atoms with Gasteiger partial charge in [0.1, 0.15) is 0 Å². The summed E-state index contributed by atoms with van der Waals surface area (Å²) in [7, 11) is 0. The SMILES string of the molecule is CC(C)=C/C=C/C(=O)OC(C)C. The average Bonchev–Trinajstić information content (AvgIpc) is 1.84. The van der Waals surface area contributed by atoms with Gasteiger partial charge in [-0.25, -0.2) is 4.79 Å². The summed E-state index contributed by atoms with van der Waals surface area (Å²) < 4.78 is 4.88. The number of carbonyl (C=O) groups excluding carboxylic acids is 1. The van der Waals surface area contributed by atoms with Crippen LogP contribution in [0.1, 0.15) is 27.7 Å². The number of carbonyl (C=O) groups is 1. The molecular weight excluding hydrogens is 152 g/mol. The summed E-state index contributed by atoms with van der Waals surface area (Å²) in [6.07, 6.45) is 4.93. The Kier molecular flexibility index (Phi) is 5.09. The van der Waals surface area contributed by atoms with Crippen LogP contribution in [0.5, 0.6) is 0 Å². The van der Waals surface area contributed by atoms with Crippen molar-refractivity contribution in [3.8, 4) is 0 Å². The average molecular weight is 168 g/mol. The third-order valence-corrected chi connectivity index (χ3v) is 1.01. The molecule has 0 N–H and O–H groups in total. The maximum Gasteiger partial charge on any atom is 0.330 e. The molecule has 12 heavy (non-hydrogen) atoms. The lowest BCUT2D eigenvalue weighted by atomic mass is 10.3. The van der Waals surface area contributed by atoms with Crippen molar-refractivity contribution >= 4 is 5.97 Å². The molecule has 0 aromatic rings. The van der Waals surface area contributed by atoms with Gasteiger partial charge in [0.05, 0.1) is 6.10 Å². The monoisotopic (exact) mass is 168 g/mol. The van der Waals surface area contributed by atoms with E-state index in [1.54, 1.807) is 6.08 Å². The van der Waals surface area contributed by atoms with Crippen LogP contribution in [0.4, 0.5) is 0 Å². The fraction of sp³-hybridized carbons (Fsp3) is 0.500. The Morgan fingerprint density at radius 2 is 1.92 bits per heavy atom. The molecule has 0 amide bonds. The first-order chi connectivity index (χ1) is 5.52. The summed E-state index contributed by atoms with van der Waals surface area (Å²) in [6.45, 7) is 7.59. The van der Waals surface area contributed by atoms with Gasteiger partial charge < -0.3 is 4.74 Å². The fourth-order valence-corrected chi connectivity index (χ4v) is 0.591. The first-order valence-corrected chi connectivity index (χ1v) is 4.04. The summed E-state index contributed by atoms with van der Waals surface area (Å²) in [4.78, 5) is 10.9. The van der Waals surface area contributed by atoms with E-state index in [1.807, 2.05) is 33.8 Å². The smallest absolute Gasteiger partial charge is 0.330 e. The predicted molar refractivity (Wildman–Crippen MR) is 49.8 cm³/mol. The Morgan fingerprint density at radius 1 is 1.33 bits per heavy atom. The minimum Gasteiger partial charge on any atom is -0.460 e. The zero-order valence-corrected chi connectivity index (χ0v) is 8.13. The maximum atomic E-state index is 10.9. The zero-order chi connectivity index (χ0) is 9.56. The van der Waals surface area contributed by atoms with Gasteiger partial charge in [0.15, 0.2) is 0 Å². The molecule has 0 rings (SSSR count). The molecule has 0 spiro atoms. The van der Waals surface area contributed by atoms with Gasteiger partial charge in [-0.05, 0) is 27.7 Å². The molecule has 0 aromatic carbocycles. The van der Waals surface area contributed by atoms with Crippen LogP contribution in [0.3, 0.4) is 0 Å². The number of hydrogen-bond acceptors (Lipinski definition) is 2. The fourth-order valence-electron chi connectivity index (χ4n) is 0.591.